The minimum absolute atomic E-state index is 0.261. The highest BCUT2D eigenvalue weighted by molar-refractivity contribution is 9.10. The van der Waals surface area contributed by atoms with Crippen LogP contribution in [0.25, 0.3) is 0 Å². The summed E-state index contributed by atoms with van der Waals surface area (Å²) in [6.45, 7) is 0.394. The molecule has 0 radical (unpaired) electrons. The summed E-state index contributed by atoms with van der Waals surface area (Å²) in [6, 6.07) is 13.3. The third-order valence-corrected chi connectivity index (χ3v) is 5.63. The molecule has 0 bridgehead atoms. The fourth-order valence-electron chi connectivity index (χ4n) is 2.58. The second kappa shape index (κ2) is 10.3. The monoisotopic (exact) mass is 491 g/mol. The van der Waals surface area contributed by atoms with Crippen molar-refractivity contribution in [1.82, 2.24) is 5.32 Å². The maximum atomic E-state index is 11.7. The number of hydrogen-bond donors (Lipinski definition) is 2. The number of amidine groups is 1. The number of halogens is 1. The Morgan fingerprint density at radius 3 is 2.80 bits per heavy atom. The molecule has 1 amide bonds. The predicted octanol–water partition coefficient (Wildman–Crippen LogP) is 3.43. The van der Waals surface area contributed by atoms with Crippen molar-refractivity contribution in [1.29, 1.82) is 0 Å². The fraction of sp³-hybridized carbons (Fsp3) is 0.200. The van der Waals surface area contributed by atoms with Crippen LogP contribution in [0.15, 0.2) is 57.1 Å². The van der Waals surface area contributed by atoms with Gasteiger partial charge >= 0.3 is 5.97 Å². The Kier molecular flexibility index (Phi) is 7.47. The maximum Gasteiger partial charge on any atom is 0.305 e. The standard InChI is InChI=1S/C20H18BrN3O5S/c1-28-15-8-13(7-14(21)18(15)29-11-12-5-3-2-4-6-12)10-22-24-20-23-19(27)16(30-20)9-17(25)26/h2-8,10,16H,9,11H2,1H3,(H,25,26)(H,23,24,27)/b22-10+. The van der Waals surface area contributed by atoms with Gasteiger partial charge in [-0.1, -0.05) is 42.1 Å². The van der Waals surface area contributed by atoms with Crippen LogP contribution in [0.1, 0.15) is 17.5 Å². The Bertz CT molecular complexity index is 997. The van der Waals surface area contributed by atoms with Crippen LogP contribution in [0.5, 0.6) is 11.5 Å². The Balaban J connectivity index is 1.69. The lowest BCUT2D eigenvalue weighted by Crippen LogP contribution is -2.26. The highest BCUT2D eigenvalue weighted by Crippen LogP contribution is 2.37. The Hall–Kier alpha value is -2.85. The molecule has 3 rings (SSSR count). The van der Waals surface area contributed by atoms with Gasteiger partial charge < -0.3 is 19.9 Å². The highest BCUT2D eigenvalue weighted by Gasteiger charge is 2.32. The number of amides is 1. The lowest BCUT2D eigenvalue weighted by atomic mass is 10.2. The third kappa shape index (κ3) is 5.83. The summed E-state index contributed by atoms with van der Waals surface area (Å²) in [6.07, 6.45) is 1.23. The van der Waals surface area contributed by atoms with E-state index < -0.39 is 11.2 Å². The predicted molar refractivity (Wildman–Crippen MR) is 118 cm³/mol. The molecule has 30 heavy (non-hydrogen) atoms. The molecule has 1 unspecified atom stereocenters. The van der Waals surface area contributed by atoms with Gasteiger partial charge in [0.15, 0.2) is 16.7 Å². The summed E-state index contributed by atoms with van der Waals surface area (Å²) in [5.74, 6) is -0.334. The van der Waals surface area contributed by atoms with Crippen LogP contribution in [-0.2, 0) is 16.2 Å². The molecule has 1 fully saturated rings. The lowest BCUT2D eigenvalue weighted by molar-refractivity contribution is -0.138. The van der Waals surface area contributed by atoms with E-state index in [1.54, 1.807) is 19.2 Å². The number of rotatable bonds is 8. The van der Waals surface area contributed by atoms with E-state index in [0.29, 0.717) is 28.1 Å². The van der Waals surface area contributed by atoms with Crippen molar-refractivity contribution in [2.75, 3.05) is 7.11 Å². The first-order valence-corrected chi connectivity index (χ1v) is 10.5. The van der Waals surface area contributed by atoms with E-state index in [9.17, 15) is 9.59 Å². The van der Waals surface area contributed by atoms with Gasteiger partial charge in [-0.15, -0.1) is 5.10 Å². The van der Waals surface area contributed by atoms with Gasteiger partial charge in [0.2, 0.25) is 5.91 Å². The topological polar surface area (TPSA) is 110 Å². The molecule has 2 aromatic rings. The van der Waals surface area contributed by atoms with E-state index in [4.69, 9.17) is 14.6 Å². The summed E-state index contributed by atoms with van der Waals surface area (Å²) >= 11 is 4.53. The Morgan fingerprint density at radius 2 is 2.10 bits per heavy atom. The lowest BCUT2D eigenvalue weighted by Gasteiger charge is -2.13. The second-order valence-corrected chi connectivity index (χ2v) is 8.20. The SMILES string of the molecule is COc1cc(/C=N/N=C2\NC(=O)C(CC(=O)O)S2)cc(Br)c1OCc1ccccc1. The van der Waals surface area contributed by atoms with Gasteiger partial charge in [-0.25, -0.2) is 0 Å². The van der Waals surface area contributed by atoms with E-state index in [0.717, 1.165) is 17.3 Å². The molecule has 0 spiro atoms. The van der Waals surface area contributed by atoms with Gasteiger partial charge in [-0.2, -0.15) is 5.10 Å². The average Bonchev–Trinajstić information content (AvgIpc) is 3.06. The zero-order valence-electron chi connectivity index (χ0n) is 15.9. The quantitative estimate of drug-likeness (QED) is 0.432. The van der Waals surface area contributed by atoms with Crippen molar-refractivity contribution in [3.05, 3.63) is 58.1 Å². The van der Waals surface area contributed by atoms with Gasteiger partial charge in [0.1, 0.15) is 11.9 Å². The number of nitrogens with zero attached hydrogens (tertiary/aromatic N) is 2. The molecule has 1 aliphatic rings. The molecule has 0 aromatic heterocycles. The summed E-state index contributed by atoms with van der Waals surface area (Å²) in [5.41, 5.74) is 1.73. The number of carbonyl (C=O) groups is 2. The summed E-state index contributed by atoms with van der Waals surface area (Å²) < 4.78 is 12.0. The van der Waals surface area contributed by atoms with Crippen LogP contribution in [0, 0.1) is 0 Å². The third-order valence-electron chi connectivity index (χ3n) is 3.97. The number of carboxylic acid groups (broad SMARTS) is 1. The van der Waals surface area contributed by atoms with Crippen LogP contribution in [0.4, 0.5) is 0 Å². The smallest absolute Gasteiger partial charge is 0.305 e. The highest BCUT2D eigenvalue weighted by atomic mass is 79.9. The Morgan fingerprint density at radius 1 is 1.33 bits per heavy atom. The second-order valence-electron chi connectivity index (χ2n) is 6.15. The number of benzene rings is 2. The molecule has 2 aromatic carbocycles. The number of thioether (sulfide) groups is 1. The molecular weight excluding hydrogens is 474 g/mol. The van der Waals surface area contributed by atoms with Crippen molar-refractivity contribution in [3.8, 4) is 11.5 Å². The number of hydrogen-bond acceptors (Lipinski definition) is 7. The van der Waals surface area contributed by atoms with Gasteiger partial charge in [0, 0.05) is 0 Å². The van der Waals surface area contributed by atoms with E-state index in [-0.39, 0.29) is 17.5 Å². The van der Waals surface area contributed by atoms with E-state index in [2.05, 4.69) is 31.4 Å². The number of methoxy groups -OCH3 is 1. The number of nitrogens with one attached hydrogen (secondary N) is 1. The first-order valence-electron chi connectivity index (χ1n) is 8.81. The zero-order valence-corrected chi connectivity index (χ0v) is 18.3. The Labute approximate surface area is 185 Å². The normalized spacial score (nSPS) is 17.3. The zero-order chi connectivity index (χ0) is 21.5. The summed E-state index contributed by atoms with van der Waals surface area (Å²) in [5, 5.41) is 18.8. The largest absolute Gasteiger partial charge is 0.493 e. The summed E-state index contributed by atoms with van der Waals surface area (Å²) in [7, 11) is 1.55. The number of aliphatic carboxylic acids is 1. The maximum absolute atomic E-state index is 11.7. The molecule has 1 atom stereocenters. The minimum atomic E-state index is -1.04. The van der Waals surface area contributed by atoms with Gasteiger partial charge in [0.25, 0.3) is 0 Å². The molecule has 8 nitrogen and oxygen atoms in total. The molecule has 2 N–H and O–H groups in total. The molecule has 0 aliphatic carbocycles. The van der Waals surface area contributed by atoms with Gasteiger partial charge in [-0.3, -0.25) is 9.59 Å². The molecule has 10 heteroatoms. The number of carboxylic acids is 1. The summed E-state index contributed by atoms with van der Waals surface area (Å²) in [4.78, 5) is 22.5. The molecule has 1 saturated heterocycles. The van der Waals surface area contributed by atoms with E-state index >= 15 is 0 Å². The van der Waals surface area contributed by atoms with Crippen molar-refractivity contribution < 1.29 is 24.2 Å². The number of carbonyl (C=O) groups excluding carboxylic acids is 1. The van der Waals surface area contributed by atoms with Crippen molar-refractivity contribution >= 4 is 51.0 Å². The van der Waals surface area contributed by atoms with Crippen LogP contribution < -0.4 is 14.8 Å². The number of ether oxygens (including phenoxy) is 2. The van der Waals surface area contributed by atoms with E-state index in [1.165, 1.54) is 6.21 Å². The molecule has 0 saturated carbocycles. The first kappa shape index (κ1) is 21.8. The van der Waals surface area contributed by atoms with Crippen molar-refractivity contribution in [2.24, 2.45) is 10.2 Å². The average molecular weight is 492 g/mol. The van der Waals surface area contributed by atoms with Crippen LogP contribution in [0.2, 0.25) is 0 Å². The van der Waals surface area contributed by atoms with Gasteiger partial charge in [0.05, 0.1) is 24.2 Å². The van der Waals surface area contributed by atoms with Crippen LogP contribution >= 0.6 is 27.7 Å². The van der Waals surface area contributed by atoms with Crippen LogP contribution in [0.3, 0.4) is 0 Å². The first-order chi connectivity index (χ1) is 14.5. The van der Waals surface area contributed by atoms with Crippen molar-refractivity contribution in [3.63, 3.8) is 0 Å². The molecule has 156 valence electrons. The molecule has 1 aliphatic heterocycles. The minimum Gasteiger partial charge on any atom is -0.493 e. The van der Waals surface area contributed by atoms with Crippen LogP contribution in [-0.4, -0.2) is 40.7 Å². The van der Waals surface area contributed by atoms with E-state index in [1.807, 2.05) is 30.3 Å². The van der Waals surface area contributed by atoms with Gasteiger partial charge in [-0.05, 0) is 39.2 Å². The molecule has 1 heterocycles. The molecular formula is C20H18BrN3O5S. The fourth-order valence-corrected chi connectivity index (χ4v) is 4.07. The van der Waals surface area contributed by atoms with Crippen molar-refractivity contribution in [2.45, 2.75) is 18.3 Å².